The predicted molar refractivity (Wildman–Crippen MR) is 88.9 cm³/mol. The molecule has 1 unspecified atom stereocenters. The fourth-order valence-electron chi connectivity index (χ4n) is 2.54. The second-order valence-corrected chi connectivity index (χ2v) is 5.85. The summed E-state index contributed by atoms with van der Waals surface area (Å²) in [5, 5.41) is 13.2. The van der Waals surface area contributed by atoms with Crippen LogP contribution in [0.4, 0.5) is 24.7 Å². The Morgan fingerprint density at radius 2 is 2.08 bits per heavy atom. The van der Waals surface area contributed by atoms with Crippen molar-refractivity contribution in [2.75, 3.05) is 23.8 Å². The molecule has 1 aliphatic rings. The fraction of sp³-hybridized carbons (Fsp3) is 0.353. The smallest absolute Gasteiger partial charge is 0.376 e. The van der Waals surface area contributed by atoms with E-state index in [1.165, 1.54) is 18.2 Å². The van der Waals surface area contributed by atoms with Crippen LogP contribution in [-0.2, 0) is 10.9 Å². The number of benzene rings is 1. The summed E-state index contributed by atoms with van der Waals surface area (Å²) < 4.78 is 43.6. The van der Waals surface area contributed by atoms with Crippen LogP contribution in [0.1, 0.15) is 28.9 Å². The average Bonchev–Trinajstić information content (AvgIpc) is 3.13. The summed E-state index contributed by atoms with van der Waals surface area (Å²) >= 11 is 0. The molecule has 2 aromatic rings. The molecular formula is C17H17F3N4O2. The summed E-state index contributed by atoms with van der Waals surface area (Å²) in [5.41, 5.74) is -0.799. The number of nitrogens with one attached hydrogen (secondary N) is 2. The predicted octanol–water partition coefficient (Wildman–Crippen LogP) is 3.34. The molecule has 0 spiro atoms. The van der Waals surface area contributed by atoms with Gasteiger partial charge in [-0.25, -0.2) is 0 Å². The fourth-order valence-corrected chi connectivity index (χ4v) is 2.54. The number of alkyl halides is 3. The number of hydrogen-bond acceptors (Lipinski definition) is 5. The lowest BCUT2D eigenvalue weighted by Gasteiger charge is -2.11. The highest BCUT2D eigenvalue weighted by Crippen LogP contribution is 2.30. The van der Waals surface area contributed by atoms with E-state index in [1.54, 1.807) is 6.07 Å². The molecule has 1 saturated heterocycles. The van der Waals surface area contributed by atoms with Crippen molar-refractivity contribution in [3.63, 3.8) is 0 Å². The van der Waals surface area contributed by atoms with Gasteiger partial charge in [0.15, 0.2) is 5.69 Å². The van der Waals surface area contributed by atoms with Crippen molar-refractivity contribution in [3.8, 4) is 0 Å². The van der Waals surface area contributed by atoms with E-state index in [1.807, 2.05) is 0 Å². The van der Waals surface area contributed by atoms with Crippen LogP contribution in [0.5, 0.6) is 0 Å². The molecule has 0 aliphatic carbocycles. The summed E-state index contributed by atoms with van der Waals surface area (Å²) in [6.45, 7) is 1.36. The highest BCUT2D eigenvalue weighted by molar-refractivity contribution is 6.02. The van der Waals surface area contributed by atoms with Crippen LogP contribution in [-0.4, -0.2) is 35.4 Å². The SMILES string of the molecule is O=C(Nc1cccc(C(F)(F)F)c1)c1ccc(NCC2CCCO2)nn1. The minimum absolute atomic E-state index is 0.00470. The van der Waals surface area contributed by atoms with Gasteiger partial charge in [0.05, 0.1) is 11.7 Å². The molecule has 1 aromatic carbocycles. The zero-order valence-corrected chi connectivity index (χ0v) is 13.7. The third-order valence-electron chi connectivity index (χ3n) is 3.88. The number of nitrogens with zero attached hydrogens (tertiary/aromatic N) is 2. The minimum atomic E-state index is -4.48. The van der Waals surface area contributed by atoms with Crippen LogP contribution < -0.4 is 10.6 Å². The molecule has 9 heteroatoms. The molecule has 2 heterocycles. The molecule has 6 nitrogen and oxygen atoms in total. The second kappa shape index (κ2) is 7.69. The number of amides is 1. The molecule has 138 valence electrons. The van der Waals surface area contributed by atoms with Crippen molar-refractivity contribution in [3.05, 3.63) is 47.7 Å². The molecule has 1 fully saturated rings. The van der Waals surface area contributed by atoms with Crippen LogP contribution in [0.3, 0.4) is 0 Å². The Morgan fingerprint density at radius 3 is 2.73 bits per heavy atom. The van der Waals surface area contributed by atoms with Crippen LogP contribution in [0.15, 0.2) is 36.4 Å². The molecule has 3 rings (SSSR count). The van der Waals surface area contributed by atoms with Crippen molar-refractivity contribution in [1.29, 1.82) is 0 Å². The molecule has 1 atom stereocenters. The van der Waals surface area contributed by atoms with Gasteiger partial charge in [-0.2, -0.15) is 13.2 Å². The van der Waals surface area contributed by atoms with Gasteiger partial charge in [-0.3, -0.25) is 4.79 Å². The maximum atomic E-state index is 12.7. The van der Waals surface area contributed by atoms with Gasteiger partial charge in [-0.1, -0.05) is 6.07 Å². The van der Waals surface area contributed by atoms with E-state index in [0.29, 0.717) is 12.4 Å². The molecule has 0 bridgehead atoms. The first-order valence-electron chi connectivity index (χ1n) is 8.09. The van der Waals surface area contributed by atoms with E-state index in [4.69, 9.17) is 4.74 Å². The Labute approximate surface area is 147 Å². The van der Waals surface area contributed by atoms with E-state index in [2.05, 4.69) is 20.8 Å². The molecular weight excluding hydrogens is 349 g/mol. The Morgan fingerprint density at radius 1 is 1.23 bits per heavy atom. The number of carbonyl (C=O) groups is 1. The van der Waals surface area contributed by atoms with Gasteiger partial charge >= 0.3 is 6.18 Å². The Bertz CT molecular complexity index is 759. The first-order valence-corrected chi connectivity index (χ1v) is 8.09. The molecule has 26 heavy (non-hydrogen) atoms. The van der Waals surface area contributed by atoms with Crippen molar-refractivity contribution >= 4 is 17.4 Å². The topological polar surface area (TPSA) is 76.1 Å². The highest BCUT2D eigenvalue weighted by atomic mass is 19.4. The summed E-state index contributed by atoms with van der Waals surface area (Å²) in [6, 6.07) is 7.43. The zero-order valence-electron chi connectivity index (χ0n) is 13.7. The van der Waals surface area contributed by atoms with Crippen LogP contribution in [0, 0.1) is 0 Å². The number of ether oxygens (including phenoxy) is 1. The van der Waals surface area contributed by atoms with E-state index in [9.17, 15) is 18.0 Å². The first kappa shape index (κ1) is 18.1. The van der Waals surface area contributed by atoms with Gasteiger partial charge in [-0.05, 0) is 43.2 Å². The standard InChI is InChI=1S/C17H17F3N4O2/c18-17(19,20)11-3-1-4-12(9-11)22-16(25)14-6-7-15(24-23-14)21-10-13-5-2-8-26-13/h1,3-4,6-7,9,13H,2,5,8,10H2,(H,21,24)(H,22,25). The maximum absolute atomic E-state index is 12.7. The van der Waals surface area contributed by atoms with E-state index in [-0.39, 0.29) is 17.5 Å². The number of anilines is 2. The van der Waals surface area contributed by atoms with Gasteiger partial charge < -0.3 is 15.4 Å². The van der Waals surface area contributed by atoms with Crippen molar-refractivity contribution in [1.82, 2.24) is 10.2 Å². The van der Waals surface area contributed by atoms with Crippen molar-refractivity contribution < 1.29 is 22.7 Å². The lowest BCUT2D eigenvalue weighted by atomic mass is 10.2. The Kier molecular flexibility index (Phi) is 5.36. The molecule has 2 N–H and O–H groups in total. The second-order valence-electron chi connectivity index (χ2n) is 5.85. The molecule has 1 aliphatic heterocycles. The van der Waals surface area contributed by atoms with Crippen LogP contribution in [0.2, 0.25) is 0 Å². The lowest BCUT2D eigenvalue weighted by molar-refractivity contribution is -0.137. The third kappa shape index (κ3) is 4.69. The molecule has 0 saturated carbocycles. The minimum Gasteiger partial charge on any atom is -0.376 e. The third-order valence-corrected chi connectivity index (χ3v) is 3.88. The molecule has 0 radical (unpaired) electrons. The molecule has 1 aromatic heterocycles. The van der Waals surface area contributed by atoms with E-state index >= 15 is 0 Å². The van der Waals surface area contributed by atoms with Crippen molar-refractivity contribution in [2.24, 2.45) is 0 Å². The average molecular weight is 366 g/mol. The van der Waals surface area contributed by atoms with Crippen LogP contribution in [0.25, 0.3) is 0 Å². The monoisotopic (exact) mass is 366 g/mol. The summed E-state index contributed by atoms with van der Waals surface area (Å²) in [4.78, 5) is 12.1. The highest BCUT2D eigenvalue weighted by Gasteiger charge is 2.30. The number of halogens is 3. The number of carbonyl (C=O) groups excluding carboxylic acids is 1. The Balaban J connectivity index is 1.59. The van der Waals surface area contributed by atoms with E-state index in [0.717, 1.165) is 31.6 Å². The normalized spacial score (nSPS) is 17.1. The quantitative estimate of drug-likeness (QED) is 0.849. The number of aromatic nitrogens is 2. The van der Waals surface area contributed by atoms with Gasteiger partial charge in [0.1, 0.15) is 5.82 Å². The largest absolute Gasteiger partial charge is 0.416 e. The van der Waals surface area contributed by atoms with E-state index < -0.39 is 17.6 Å². The zero-order chi connectivity index (χ0) is 18.6. The van der Waals surface area contributed by atoms with Gasteiger partial charge in [0.2, 0.25) is 0 Å². The summed E-state index contributed by atoms with van der Waals surface area (Å²) in [7, 11) is 0. The number of rotatable bonds is 5. The summed E-state index contributed by atoms with van der Waals surface area (Å²) in [5.74, 6) is -0.140. The van der Waals surface area contributed by atoms with Gasteiger partial charge in [0.25, 0.3) is 5.91 Å². The van der Waals surface area contributed by atoms with Crippen molar-refractivity contribution in [2.45, 2.75) is 25.1 Å². The first-order chi connectivity index (χ1) is 12.4. The molecule has 1 amide bonds. The lowest BCUT2D eigenvalue weighted by Crippen LogP contribution is -2.20. The maximum Gasteiger partial charge on any atom is 0.416 e. The van der Waals surface area contributed by atoms with Gasteiger partial charge in [-0.15, -0.1) is 10.2 Å². The van der Waals surface area contributed by atoms with Gasteiger partial charge in [0, 0.05) is 18.8 Å². The summed E-state index contributed by atoms with van der Waals surface area (Å²) in [6.07, 6.45) is -2.32. The Hall–Kier alpha value is -2.68. The number of hydrogen-bond donors (Lipinski definition) is 2. The van der Waals surface area contributed by atoms with Crippen LogP contribution >= 0.6 is 0 Å².